The number of carbonyl (C=O) groups excluding carboxylic acids is 1. The van der Waals surface area contributed by atoms with Gasteiger partial charge in [0.05, 0.1) is 12.5 Å². The molecule has 1 saturated heterocycles. The Hall–Kier alpha value is -2.28. The van der Waals surface area contributed by atoms with E-state index in [0.717, 1.165) is 62.7 Å². The van der Waals surface area contributed by atoms with Gasteiger partial charge in [-0.25, -0.2) is 4.39 Å². The minimum absolute atomic E-state index is 0.00713. The summed E-state index contributed by atoms with van der Waals surface area (Å²) in [7, 11) is 0. The lowest BCUT2D eigenvalue weighted by molar-refractivity contribution is -0.131. The van der Waals surface area contributed by atoms with Crippen LogP contribution in [0.2, 0.25) is 0 Å². The Bertz CT molecular complexity index is 757. The van der Waals surface area contributed by atoms with Gasteiger partial charge < -0.3 is 14.8 Å². The molecule has 6 nitrogen and oxygen atoms in total. The number of nitrogens with one attached hydrogen (secondary N) is 1. The first kappa shape index (κ1) is 16.2. The van der Waals surface area contributed by atoms with Gasteiger partial charge in [-0.15, -0.1) is 10.2 Å². The molecule has 1 aromatic carbocycles. The summed E-state index contributed by atoms with van der Waals surface area (Å²) < 4.78 is 15.2. The van der Waals surface area contributed by atoms with Gasteiger partial charge in [-0.1, -0.05) is 12.1 Å². The molecule has 1 amide bonds. The average Bonchev–Trinajstić information content (AvgIpc) is 3.18. The zero-order chi connectivity index (χ0) is 17.2. The predicted molar refractivity (Wildman–Crippen MR) is 90.4 cm³/mol. The summed E-state index contributed by atoms with van der Waals surface area (Å²) in [5.41, 5.74) is 0.835. The number of halogens is 1. The molecule has 1 aromatic heterocycles. The van der Waals surface area contributed by atoms with Crippen LogP contribution in [0.1, 0.15) is 36.1 Å². The molecule has 1 fully saturated rings. The highest BCUT2D eigenvalue weighted by molar-refractivity contribution is 5.79. The van der Waals surface area contributed by atoms with Crippen LogP contribution < -0.4 is 5.32 Å². The lowest BCUT2D eigenvalue weighted by atomic mass is 10.1. The number of likely N-dealkylation sites (tertiary alicyclic amines) is 1. The fourth-order valence-electron chi connectivity index (χ4n) is 3.75. The lowest BCUT2D eigenvalue weighted by Gasteiger charge is -2.24. The first-order valence-corrected chi connectivity index (χ1v) is 8.89. The molecule has 0 bridgehead atoms. The Labute approximate surface area is 146 Å². The molecule has 7 heteroatoms. The van der Waals surface area contributed by atoms with Crippen molar-refractivity contribution in [3.63, 3.8) is 0 Å². The van der Waals surface area contributed by atoms with E-state index in [-0.39, 0.29) is 17.8 Å². The van der Waals surface area contributed by atoms with Crippen molar-refractivity contribution in [2.45, 2.75) is 38.3 Å². The normalized spacial score (nSPS) is 20.4. The second kappa shape index (κ2) is 6.92. The summed E-state index contributed by atoms with van der Waals surface area (Å²) in [6.45, 7) is 3.39. The van der Waals surface area contributed by atoms with E-state index in [2.05, 4.69) is 20.1 Å². The van der Waals surface area contributed by atoms with Crippen LogP contribution in [0.15, 0.2) is 24.3 Å². The molecule has 132 valence electrons. The van der Waals surface area contributed by atoms with Crippen molar-refractivity contribution >= 4 is 5.91 Å². The summed E-state index contributed by atoms with van der Waals surface area (Å²) in [6, 6.07) is 6.14. The van der Waals surface area contributed by atoms with E-state index in [1.165, 1.54) is 12.1 Å². The molecular weight excluding hydrogens is 321 g/mol. The zero-order valence-corrected chi connectivity index (χ0v) is 14.1. The Morgan fingerprint density at radius 2 is 2.04 bits per heavy atom. The summed E-state index contributed by atoms with van der Waals surface area (Å²) in [5, 5.41) is 12.1. The van der Waals surface area contributed by atoms with Crippen molar-refractivity contribution in [1.82, 2.24) is 25.0 Å². The van der Waals surface area contributed by atoms with Gasteiger partial charge in [0.2, 0.25) is 5.91 Å². The number of hydrogen-bond acceptors (Lipinski definition) is 4. The number of rotatable bonds is 3. The molecule has 25 heavy (non-hydrogen) atoms. The quantitative estimate of drug-likeness (QED) is 0.917. The average molecular weight is 343 g/mol. The van der Waals surface area contributed by atoms with Crippen molar-refractivity contribution in [2.75, 3.05) is 19.6 Å². The molecular formula is C18H22FN5O. The Balaban J connectivity index is 1.53. The van der Waals surface area contributed by atoms with Crippen LogP contribution in [0.4, 0.5) is 4.39 Å². The van der Waals surface area contributed by atoms with Crippen molar-refractivity contribution in [3.8, 4) is 0 Å². The summed E-state index contributed by atoms with van der Waals surface area (Å²) in [5.74, 6) is 1.69. The van der Waals surface area contributed by atoms with E-state index in [9.17, 15) is 9.18 Å². The molecule has 1 N–H and O–H groups in total. The Morgan fingerprint density at radius 3 is 2.88 bits per heavy atom. The van der Waals surface area contributed by atoms with Crippen molar-refractivity contribution in [3.05, 3.63) is 47.3 Å². The van der Waals surface area contributed by atoms with Crippen molar-refractivity contribution in [1.29, 1.82) is 0 Å². The van der Waals surface area contributed by atoms with Crippen LogP contribution in [0.5, 0.6) is 0 Å². The summed E-state index contributed by atoms with van der Waals surface area (Å²) >= 11 is 0. The molecule has 0 spiro atoms. The monoisotopic (exact) mass is 343 g/mol. The minimum Gasteiger partial charge on any atom is -0.332 e. The number of hydrogen-bond donors (Lipinski definition) is 1. The van der Waals surface area contributed by atoms with Gasteiger partial charge in [0.15, 0.2) is 5.82 Å². The molecule has 0 radical (unpaired) electrons. The van der Waals surface area contributed by atoms with E-state index in [4.69, 9.17) is 0 Å². The number of aromatic nitrogens is 3. The number of benzene rings is 1. The number of nitrogens with zero attached hydrogens (tertiary/aromatic N) is 4. The van der Waals surface area contributed by atoms with Gasteiger partial charge in [0.1, 0.15) is 11.6 Å². The molecule has 1 atom stereocenters. The first-order chi connectivity index (χ1) is 12.2. The highest BCUT2D eigenvalue weighted by atomic mass is 19.1. The first-order valence-electron chi connectivity index (χ1n) is 8.89. The third-order valence-corrected chi connectivity index (χ3v) is 5.03. The zero-order valence-electron chi connectivity index (χ0n) is 14.1. The van der Waals surface area contributed by atoms with Gasteiger partial charge in [0, 0.05) is 32.6 Å². The van der Waals surface area contributed by atoms with Crippen LogP contribution in [-0.4, -0.2) is 45.2 Å². The van der Waals surface area contributed by atoms with E-state index in [1.807, 2.05) is 4.90 Å². The second-order valence-corrected chi connectivity index (χ2v) is 6.67. The third-order valence-electron chi connectivity index (χ3n) is 5.03. The van der Waals surface area contributed by atoms with E-state index >= 15 is 0 Å². The molecule has 2 aliphatic rings. The summed E-state index contributed by atoms with van der Waals surface area (Å²) in [4.78, 5) is 14.7. The molecule has 0 unspecified atom stereocenters. The molecule has 0 saturated carbocycles. The van der Waals surface area contributed by atoms with E-state index in [1.54, 1.807) is 12.1 Å². The van der Waals surface area contributed by atoms with Gasteiger partial charge in [0.25, 0.3) is 0 Å². The van der Waals surface area contributed by atoms with Crippen LogP contribution in [-0.2, 0) is 24.2 Å². The van der Waals surface area contributed by atoms with Gasteiger partial charge in [-0.3, -0.25) is 4.79 Å². The van der Waals surface area contributed by atoms with Gasteiger partial charge in [-0.2, -0.15) is 0 Å². The number of amides is 1. The molecule has 2 aromatic rings. The van der Waals surface area contributed by atoms with Crippen LogP contribution in [0.25, 0.3) is 0 Å². The topological polar surface area (TPSA) is 63.1 Å². The maximum atomic E-state index is 13.0. The van der Waals surface area contributed by atoms with Gasteiger partial charge in [-0.05, 0) is 30.5 Å². The predicted octanol–water partition coefficient (Wildman–Crippen LogP) is 1.47. The van der Waals surface area contributed by atoms with Crippen LogP contribution >= 0.6 is 0 Å². The maximum absolute atomic E-state index is 13.0. The van der Waals surface area contributed by atoms with Gasteiger partial charge >= 0.3 is 0 Å². The molecule has 3 heterocycles. The number of fused-ring (bicyclic) bond motifs is 1. The Morgan fingerprint density at radius 1 is 1.20 bits per heavy atom. The van der Waals surface area contributed by atoms with Crippen LogP contribution in [0, 0.1) is 5.82 Å². The number of carbonyl (C=O) groups is 1. The highest BCUT2D eigenvalue weighted by Gasteiger charge is 2.34. The molecule has 4 rings (SSSR count). The lowest BCUT2D eigenvalue weighted by Crippen LogP contribution is -2.33. The Kier molecular flexibility index (Phi) is 4.48. The SMILES string of the molecule is O=C(Cc1ccc(F)cc1)N1CCC[C@@H]1c1nnc2n1CCNCC2. The molecule has 2 aliphatic heterocycles. The highest BCUT2D eigenvalue weighted by Crippen LogP contribution is 2.32. The minimum atomic E-state index is -0.282. The maximum Gasteiger partial charge on any atom is 0.227 e. The molecule has 0 aliphatic carbocycles. The standard InChI is InChI=1S/C18H22FN5O/c19-14-5-3-13(4-6-14)12-17(25)23-10-1-2-15(23)18-22-21-16-7-8-20-9-11-24(16)18/h3-6,15,20H,1-2,7-12H2/t15-/m1/s1. The fraction of sp³-hybridized carbons (Fsp3) is 0.500. The van der Waals surface area contributed by atoms with Crippen molar-refractivity contribution in [2.24, 2.45) is 0 Å². The third kappa shape index (κ3) is 3.28. The largest absolute Gasteiger partial charge is 0.332 e. The second-order valence-electron chi connectivity index (χ2n) is 6.67. The van der Waals surface area contributed by atoms with Crippen molar-refractivity contribution < 1.29 is 9.18 Å². The smallest absolute Gasteiger partial charge is 0.227 e. The van der Waals surface area contributed by atoms with Crippen LogP contribution in [0.3, 0.4) is 0 Å². The fourth-order valence-corrected chi connectivity index (χ4v) is 3.75. The van der Waals surface area contributed by atoms with E-state index in [0.29, 0.717) is 6.42 Å². The summed E-state index contributed by atoms with van der Waals surface area (Å²) in [6.07, 6.45) is 3.05. The van der Waals surface area contributed by atoms with E-state index < -0.39 is 0 Å².